The van der Waals surface area contributed by atoms with Gasteiger partial charge in [-0.25, -0.2) is 0 Å². The highest BCUT2D eigenvalue weighted by molar-refractivity contribution is 5.76. The van der Waals surface area contributed by atoms with E-state index < -0.39 is 5.60 Å². The highest BCUT2D eigenvalue weighted by Crippen LogP contribution is 2.56. The number of carbonyl (C=O) groups is 1. The van der Waals surface area contributed by atoms with Gasteiger partial charge in [0.15, 0.2) is 0 Å². The molecule has 1 heterocycles. The first-order valence-corrected chi connectivity index (χ1v) is 8.57. The van der Waals surface area contributed by atoms with E-state index in [4.69, 9.17) is 0 Å². The molecule has 120 valence electrons. The number of piperidine rings is 1. The van der Waals surface area contributed by atoms with Crippen LogP contribution in [0.2, 0.25) is 0 Å². The number of hydrogen-bond acceptors (Lipinski definition) is 2. The van der Waals surface area contributed by atoms with Crippen molar-refractivity contribution in [3.63, 3.8) is 0 Å². The SMILES string of the molecule is CC1(O)CCC12CCN(C(=O)CCCc1ccccc1)CC2. The molecule has 1 saturated heterocycles. The van der Waals surface area contributed by atoms with Gasteiger partial charge in [-0.2, -0.15) is 0 Å². The highest BCUT2D eigenvalue weighted by Gasteiger charge is 2.55. The van der Waals surface area contributed by atoms with Gasteiger partial charge >= 0.3 is 0 Å². The maximum absolute atomic E-state index is 12.3. The molecule has 0 radical (unpaired) electrons. The van der Waals surface area contributed by atoms with E-state index in [0.29, 0.717) is 6.42 Å². The number of rotatable bonds is 4. The van der Waals surface area contributed by atoms with Crippen LogP contribution < -0.4 is 0 Å². The van der Waals surface area contributed by atoms with E-state index >= 15 is 0 Å². The Morgan fingerprint density at radius 1 is 1.14 bits per heavy atom. The number of amides is 1. The summed E-state index contributed by atoms with van der Waals surface area (Å²) in [5, 5.41) is 10.4. The smallest absolute Gasteiger partial charge is 0.222 e. The third kappa shape index (κ3) is 2.91. The molecule has 2 aliphatic rings. The first kappa shape index (κ1) is 15.5. The maximum atomic E-state index is 12.3. The lowest BCUT2D eigenvalue weighted by atomic mass is 9.53. The minimum absolute atomic E-state index is 0.0911. The molecular weight excluding hydrogens is 274 g/mol. The maximum Gasteiger partial charge on any atom is 0.222 e. The Bertz CT molecular complexity index is 515. The number of hydrogen-bond donors (Lipinski definition) is 1. The first-order chi connectivity index (χ1) is 10.5. The van der Waals surface area contributed by atoms with Gasteiger partial charge in [-0.1, -0.05) is 30.3 Å². The van der Waals surface area contributed by atoms with E-state index in [9.17, 15) is 9.90 Å². The molecule has 22 heavy (non-hydrogen) atoms. The molecule has 1 amide bonds. The van der Waals surface area contributed by atoms with Gasteiger partial charge in [0.2, 0.25) is 5.91 Å². The Morgan fingerprint density at radius 2 is 1.82 bits per heavy atom. The normalized spacial score (nSPS) is 26.7. The van der Waals surface area contributed by atoms with Crippen molar-refractivity contribution < 1.29 is 9.90 Å². The Kier molecular flexibility index (Phi) is 4.26. The van der Waals surface area contributed by atoms with Gasteiger partial charge in [0.05, 0.1) is 5.60 Å². The van der Waals surface area contributed by atoms with Gasteiger partial charge < -0.3 is 10.0 Å². The lowest BCUT2D eigenvalue weighted by Gasteiger charge is -2.58. The van der Waals surface area contributed by atoms with Gasteiger partial charge in [-0.05, 0) is 51.0 Å². The predicted molar refractivity (Wildman–Crippen MR) is 87.5 cm³/mol. The van der Waals surface area contributed by atoms with E-state index in [1.165, 1.54) is 5.56 Å². The molecule has 0 aromatic heterocycles. The Hall–Kier alpha value is -1.35. The molecule has 3 heteroatoms. The quantitative estimate of drug-likeness (QED) is 0.928. The van der Waals surface area contributed by atoms with Crippen LogP contribution in [0.15, 0.2) is 30.3 Å². The summed E-state index contributed by atoms with van der Waals surface area (Å²) in [5.74, 6) is 0.282. The third-order valence-electron chi connectivity index (χ3n) is 6.01. The average molecular weight is 301 g/mol. The standard InChI is InChI=1S/C19H27NO2/c1-18(22)10-11-19(18)12-14-20(15-13-19)17(21)9-5-8-16-6-3-2-4-7-16/h2-4,6-7,22H,5,8-15H2,1H3. The number of aliphatic hydroxyl groups is 1. The van der Waals surface area contributed by atoms with Crippen LogP contribution in [-0.4, -0.2) is 34.6 Å². The fraction of sp³-hybridized carbons (Fsp3) is 0.632. The van der Waals surface area contributed by atoms with Crippen molar-refractivity contribution >= 4 is 5.91 Å². The summed E-state index contributed by atoms with van der Waals surface area (Å²) < 4.78 is 0. The third-order valence-corrected chi connectivity index (χ3v) is 6.01. The molecule has 3 nitrogen and oxygen atoms in total. The molecule has 3 rings (SSSR count). The molecule has 1 atom stereocenters. The van der Waals surface area contributed by atoms with Crippen LogP contribution >= 0.6 is 0 Å². The van der Waals surface area contributed by atoms with Crippen LogP contribution in [0.4, 0.5) is 0 Å². The monoisotopic (exact) mass is 301 g/mol. The summed E-state index contributed by atoms with van der Waals surface area (Å²) in [5.41, 5.74) is 0.891. The second-order valence-corrected chi connectivity index (χ2v) is 7.27. The van der Waals surface area contributed by atoms with Crippen LogP contribution in [0.1, 0.15) is 51.0 Å². The molecule has 1 aliphatic carbocycles. The van der Waals surface area contributed by atoms with Crippen molar-refractivity contribution in [2.45, 2.75) is 57.5 Å². The zero-order valence-electron chi connectivity index (χ0n) is 13.6. The minimum atomic E-state index is -0.505. The summed E-state index contributed by atoms with van der Waals surface area (Å²) in [6.45, 7) is 3.61. The number of aryl methyl sites for hydroxylation is 1. The second kappa shape index (κ2) is 6.04. The fourth-order valence-corrected chi connectivity index (χ4v) is 4.06. The summed E-state index contributed by atoms with van der Waals surface area (Å²) in [6, 6.07) is 10.4. The fourth-order valence-electron chi connectivity index (χ4n) is 4.06. The number of nitrogens with zero attached hydrogens (tertiary/aromatic N) is 1. The van der Waals surface area contributed by atoms with E-state index in [2.05, 4.69) is 12.1 Å². The number of likely N-dealkylation sites (tertiary alicyclic amines) is 1. The van der Waals surface area contributed by atoms with Crippen molar-refractivity contribution in [1.82, 2.24) is 4.90 Å². The zero-order valence-corrected chi connectivity index (χ0v) is 13.6. The summed E-state index contributed by atoms with van der Waals surface area (Å²) in [6.07, 6.45) is 6.49. The van der Waals surface area contributed by atoms with Crippen molar-refractivity contribution in [3.05, 3.63) is 35.9 Å². The van der Waals surface area contributed by atoms with E-state index in [1.54, 1.807) is 0 Å². The molecular formula is C19H27NO2. The second-order valence-electron chi connectivity index (χ2n) is 7.27. The van der Waals surface area contributed by atoms with Crippen molar-refractivity contribution in [2.24, 2.45) is 5.41 Å². The van der Waals surface area contributed by atoms with Crippen LogP contribution in [0.25, 0.3) is 0 Å². The molecule has 1 N–H and O–H groups in total. The number of carbonyl (C=O) groups excluding carboxylic acids is 1. The Morgan fingerprint density at radius 3 is 2.36 bits per heavy atom. The molecule has 1 spiro atoms. The van der Waals surface area contributed by atoms with E-state index in [1.807, 2.05) is 30.0 Å². The predicted octanol–water partition coefficient (Wildman–Crippen LogP) is 3.16. The van der Waals surface area contributed by atoms with Crippen molar-refractivity contribution in [2.75, 3.05) is 13.1 Å². The van der Waals surface area contributed by atoms with Gasteiger partial charge in [-0.3, -0.25) is 4.79 Å². The summed E-state index contributed by atoms with van der Waals surface area (Å²) >= 11 is 0. The van der Waals surface area contributed by atoms with Gasteiger partial charge in [-0.15, -0.1) is 0 Å². The average Bonchev–Trinajstić information content (AvgIpc) is 2.55. The lowest BCUT2D eigenvalue weighted by molar-refractivity contribution is -0.180. The van der Waals surface area contributed by atoms with Crippen molar-refractivity contribution in [1.29, 1.82) is 0 Å². The van der Waals surface area contributed by atoms with E-state index in [0.717, 1.165) is 51.6 Å². The van der Waals surface area contributed by atoms with Gasteiger partial charge in [0.1, 0.15) is 0 Å². The molecule has 1 aromatic rings. The zero-order chi connectivity index (χ0) is 15.6. The van der Waals surface area contributed by atoms with Crippen LogP contribution in [-0.2, 0) is 11.2 Å². The van der Waals surface area contributed by atoms with Crippen LogP contribution in [0, 0.1) is 5.41 Å². The van der Waals surface area contributed by atoms with E-state index in [-0.39, 0.29) is 11.3 Å². The van der Waals surface area contributed by atoms with Gasteiger partial charge in [0.25, 0.3) is 0 Å². The molecule has 0 bridgehead atoms. The molecule has 1 aromatic carbocycles. The highest BCUT2D eigenvalue weighted by atomic mass is 16.3. The minimum Gasteiger partial charge on any atom is -0.390 e. The Labute approximate surface area is 133 Å². The molecule has 1 saturated carbocycles. The van der Waals surface area contributed by atoms with Crippen LogP contribution in [0.3, 0.4) is 0 Å². The topological polar surface area (TPSA) is 40.5 Å². The summed E-state index contributed by atoms with van der Waals surface area (Å²) in [7, 11) is 0. The van der Waals surface area contributed by atoms with Gasteiger partial charge in [0, 0.05) is 24.9 Å². The largest absolute Gasteiger partial charge is 0.390 e. The van der Waals surface area contributed by atoms with Crippen LogP contribution in [0.5, 0.6) is 0 Å². The molecule has 1 aliphatic heterocycles. The molecule has 1 unspecified atom stereocenters. The summed E-state index contributed by atoms with van der Waals surface area (Å²) in [4.78, 5) is 14.3. The van der Waals surface area contributed by atoms with Crippen molar-refractivity contribution in [3.8, 4) is 0 Å². The Balaban J connectivity index is 1.43. The number of benzene rings is 1. The lowest BCUT2D eigenvalue weighted by Crippen LogP contribution is -2.60. The first-order valence-electron chi connectivity index (χ1n) is 8.57. The molecule has 2 fully saturated rings.